The van der Waals surface area contributed by atoms with E-state index in [0.717, 1.165) is 50.1 Å². The van der Waals surface area contributed by atoms with Gasteiger partial charge in [0.2, 0.25) is 0 Å². The summed E-state index contributed by atoms with van der Waals surface area (Å²) in [6, 6.07) is 81.2. The number of benzene rings is 10. The lowest BCUT2D eigenvalue weighted by molar-refractivity contribution is 0.669. The van der Waals surface area contributed by atoms with Crippen LogP contribution >= 0.6 is 11.3 Å². The first-order valence-electron chi connectivity index (χ1n) is 20.7. The van der Waals surface area contributed by atoms with E-state index < -0.39 is 0 Å². The second kappa shape index (κ2) is 14.5. The standard InChI is InChI=1S/C58H37NOS/c1-2-13-49-41(9-1)10-8-16-50(49)45-12-7-11-42(35-45)38-19-27-46(28-20-38)59(47-29-21-39(22-30-47)43-26-34-58-54(36-43)53-15-4-6-18-57(53)61-58)48-31-23-40(24-32-48)44-25-33-52-51-14-3-5-17-55(51)60-56(52)37-44/h1-37H. The summed E-state index contributed by atoms with van der Waals surface area (Å²) in [5.41, 5.74) is 14.6. The molecule has 2 aromatic heterocycles. The largest absolute Gasteiger partial charge is 0.456 e. The summed E-state index contributed by atoms with van der Waals surface area (Å²) in [7, 11) is 0. The Morgan fingerprint density at radius 1 is 0.295 bits per heavy atom. The van der Waals surface area contributed by atoms with E-state index in [1.165, 1.54) is 64.3 Å². The van der Waals surface area contributed by atoms with Crippen molar-refractivity contribution >= 4 is 81.3 Å². The van der Waals surface area contributed by atoms with Crippen molar-refractivity contribution in [2.45, 2.75) is 0 Å². The summed E-state index contributed by atoms with van der Waals surface area (Å²) in [4.78, 5) is 2.35. The van der Waals surface area contributed by atoms with Crippen molar-refractivity contribution in [1.82, 2.24) is 0 Å². The molecular weight excluding hydrogens is 759 g/mol. The van der Waals surface area contributed by atoms with E-state index in [9.17, 15) is 0 Å². The average molecular weight is 796 g/mol. The molecule has 0 N–H and O–H groups in total. The molecule has 10 aromatic carbocycles. The topological polar surface area (TPSA) is 16.4 Å². The van der Waals surface area contributed by atoms with Crippen molar-refractivity contribution in [1.29, 1.82) is 0 Å². The van der Waals surface area contributed by atoms with Gasteiger partial charge in [-0.1, -0.05) is 146 Å². The molecule has 2 nitrogen and oxygen atoms in total. The molecule has 0 saturated carbocycles. The highest BCUT2D eigenvalue weighted by atomic mass is 32.1. The Hall–Kier alpha value is -7.72. The van der Waals surface area contributed by atoms with Gasteiger partial charge < -0.3 is 9.32 Å². The highest BCUT2D eigenvalue weighted by molar-refractivity contribution is 7.25. The minimum atomic E-state index is 0.901. The van der Waals surface area contributed by atoms with Crippen LogP contribution in [-0.4, -0.2) is 0 Å². The van der Waals surface area contributed by atoms with Crippen LogP contribution in [0.5, 0.6) is 0 Å². The molecule has 0 atom stereocenters. The predicted octanol–water partition coefficient (Wildman–Crippen LogP) is 17.2. The fourth-order valence-corrected chi connectivity index (χ4v) is 10.1. The molecule has 12 aromatic rings. The van der Waals surface area contributed by atoms with Gasteiger partial charge in [-0.2, -0.15) is 0 Å². The second-order valence-electron chi connectivity index (χ2n) is 15.7. The number of nitrogens with zero attached hydrogens (tertiary/aromatic N) is 1. The van der Waals surface area contributed by atoms with Crippen LogP contribution in [0.15, 0.2) is 229 Å². The number of hydrogen-bond acceptors (Lipinski definition) is 3. The third-order valence-electron chi connectivity index (χ3n) is 12.1. The van der Waals surface area contributed by atoms with Crippen LogP contribution in [0.25, 0.3) is 97.4 Å². The van der Waals surface area contributed by atoms with Crippen molar-refractivity contribution in [2.24, 2.45) is 0 Å². The average Bonchev–Trinajstić information content (AvgIpc) is 3.90. The monoisotopic (exact) mass is 795 g/mol. The molecule has 286 valence electrons. The van der Waals surface area contributed by atoms with Gasteiger partial charge >= 0.3 is 0 Å². The van der Waals surface area contributed by atoms with Crippen molar-refractivity contribution in [3.63, 3.8) is 0 Å². The first-order valence-corrected chi connectivity index (χ1v) is 21.5. The molecule has 0 aliphatic rings. The van der Waals surface area contributed by atoms with Crippen LogP contribution < -0.4 is 4.90 Å². The van der Waals surface area contributed by atoms with E-state index >= 15 is 0 Å². The number of fused-ring (bicyclic) bond motifs is 7. The van der Waals surface area contributed by atoms with Crippen molar-refractivity contribution in [3.8, 4) is 44.5 Å². The molecule has 0 radical (unpaired) electrons. The highest BCUT2D eigenvalue weighted by Crippen LogP contribution is 2.41. The van der Waals surface area contributed by atoms with Gasteiger partial charge in [-0.15, -0.1) is 11.3 Å². The lowest BCUT2D eigenvalue weighted by Crippen LogP contribution is -2.09. The minimum Gasteiger partial charge on any atom is -0.456 e. The fourth-order valence-electron chi connectivity index (χ4n) is 9.01. The molecule has 12 rings (SSSR count). The summed E-state index contributed by atoms with van der Waals surface area (Å²) in [5, 5.41) is 7.42. The van der Waals surface area contributed by atoms with E-state index in [-0.39, 0.29) is 0 Å². The number of furan rings is 1. The Kier molecular flexibility index (Phi) is 8.39. The zero-order chi connectivity index (χ0) is 40.3. The third-order valence-corrected chi connectivity index (χ3v) is 13.2. The Bertz CT molecular complexity index is 3570. The van der Waals surface area contributed by atoms with Crippen molar-refractivity contribution in [2.75, 3.05) is 4.90 Å². The molecule has 0 amide bonds. The third kappa shape index (κ3) is 6.26. The van der Waals surface area contributed by atoms with Crippen molar-refractivity contribution in [3.05, 3.63) is 224 Å². The number of rotatable bonds is 7. The number of thiophene rings is 1. The Balaban J connectivity index is 0.908. The van der Waals surface area contributed by atoms with Crippen LogP contribution in [-0.2, 0) is 0 Å². The van der Waals surface area contributed by atoms with Gasteiger partial charge in [0.15, 0.2) is 0 Å². The van der Waals surface area contributed by atoms with Gasteiger partial charge in [-0.3, -0.25) is 0 Å². The van der Waals surface area contributed by atoms with Crippen LogP contribution in [0.3, 0.4) is 0 Å². The second-order valence-corrected chi connectivity index (χ2v) is 16.8. The predicted molar refractivity (Wildman–Crippen MR) is 261 cm³/mol. The van der Waals surface area contributed by atoms with Gasteiger partial charge in [0.1, 0.15) is 11.2 Å². The quantitative estimate of drug-likeness (QED) is 0.160. The number of anilines is 3. The lowest BCUT2D eigenvalue weighted by atomic mass is 9.95. The molecule has 0 fully saturated rings. The van der Waals surface area contributed by atoms with Crippen molar-refractivity contribution < 1.29 is 4.42 Å². The summed E-state index contributed by atoms with van der Waals surface area (Å²) in [6.45, 7) is 0. The van der Waals surface area contributed by atoms with Gasteiger partial charge in [0.05, 0.1) is 0 Å². The maximum Gasteiger partial charge on any atom is 0.136 e. The summed E-state index contributed by atoms with van der Waals surface area (Å²) >= 11 is 1.86. The lowest BCUT2D eigenvalue weighted by Gasteiger charge is -2.26. The smallest absolute Gasteiger partial charge is 0.136 e. The van der Waals surface area contributed by atoms with E-state index in [1.54, 1.807) is 0 Å². The first kappa shape index (κ1) is 35.2. The highest BCUT2D eigenvalue weighted by Gasteiger charge is 2.16. The molecule has 2 heterocycles. The SMILES string of the molecule is c1cc(-c2ccc(N(c3ccc(-c4ccc5c(c4)oc4ccccc45)cc3)c3ccc(-c4ccc5sc6ccccc6c5c4)cc3)cc2)cc(-c2cccc3ccccc23)c1. The Morgan fingerprint density at radius 2 is 0.803 bits per heavy atom. The molecule has 0 aliphatic carbocycles. The van der Waals surface area contributed by atoms with Crippen LogP contribution in [0.2, 0.25) is 0 Å². The zero-order valence-electron chi connectivity index (χ0n) is 33.1. The molecule has 0 saturated heterocycles. The maximum atomic E-state index is 6.25. The van der Waals surface area contributed by atoms with Crippen LogP contribution in [0.4, 0.5) is 17.1 Å². The zero-order valence-corrected chi connectivity index (χ0v) is 33.9. The van der Waals surface area contributed by atoms with E-state index in [2.05, 4.69) is 217 Å². The number of para-hydroxylation sites is 1. The molecule has 3 heteroatoms. The van der Waals surface area contributed by atoms with E-state index in [4.69, 9.17) is 4.42 Å². The number of hydrogen-bond donors (Lipinski definition) is 0. The first-order chi connectivity index (χ1) is 30.2. The van der Waals surface area contributed by atoms with Gasteiger partial charge in [0, 0.05) is 48.0 Å². The summed E-state index contributed by atoms with van der Waals surface area (Å²) < 4.78 is 8.89. The van der Waals surface area contributed by atoms with Gasteiger partial charge in [-0.25, -0.2) is 0 Å². The Labute approximate surface area is 357 Å². The van der Waals surface area contributed by atoms with Gasteiger partial charge in [-0.05, 0) is 134 Å². The molecule has 0 bridgehead atoms. The molecule has 0 aliphatic heterocycles. The normalized spacial score (nSPS) is 11.6. The molecule has 0 unspecified atom stereocenters. The summed E-state index contributed by atoms with van der Waals surface area (Å²) in [6.07, 6.45) is 0. The van der Waals surface area contributed by atoms with E-state index in [0.29, 0.717) is 0 Å². The van der Waals surface area contributed by atoms with Crippen LogP contribution in [0, 0.1) is 0 Å². The summed E-state index contributed by atoms with van der Waals surface area (Å²) in [5.74, 6) is 0. The van der Waals surface area contributed by atoms with Crippen LogP contribution in [0.1, 0.15) is 0 Å². The molecular formula is C58H37NOS. The maximum absolute atomic E-state index is 6.25. The molecule has 61 heavy (non-hydrogen) atoms. The fraction of sp³-hybridized carbons (Fsp3) is 0. The van der Waals surface area contributed by atoms with Gasteiger partial charge in [0.25, 0.3) is 0 Å². The minimum absolute atomic E-state index is 0.901. The van der Waals surface area contributed by atoms with E-state index in [1.807, 2.05) is 23.5 Å². The molecule has 0 spiro atoms. The Morgan fingerprint density at radius 3 is 1.54 bits per heavy atom.